The van der Waals surface area contributed by atoms with E-state index in [1.165, 1.54) is 6.08 Å². The quantitative estimate of drug-likeness (QED) is 0.423. The fourth-order valence-electron chi connectivity index (χ4n) is 1.53. The molecule has 0 aliphatic heterocycles. The summed E-state index contributed by atoms with van der Waals surface area (Å²) in [5.74, 6) is 0. The van der Waals surface area contributed by atoms with Gasteiger partial charge in [0.1, 0.15) is 0 Å². The van der Waals surface area contributed by atoms with Crippen molar-refractivity contribution in [1.82, 2.24) is 4.90 Å². The largest absolute Gasteiger partial charge is 0.412 e. The van der Waals surface area contributed by atoms with E-state index in [1.54, 1.807) is 25.1 Å². The highest BCUT2D eigenvalue weighted by atomic mass is 19.4. The highest BCUT2D eigenvalue weighted by Crippen LogP contribution is 2.25. The van der Waals surface area contributed by atoms with Crippen LogP contribution in [0.25, 0.3) is 0 Å². The minimum absolute atomic E-state index is 0.232. The second-order valence-corrected chi connectivity index (χ2v) is 4.56. The molecule has 0 aromatic heterocycles. The van der Waals surface area contributed by atoms with Crippen molar-refractivity contribution >= 4 is 5.71 Å². The number of hydrogen-bond acceptors (Lipinski definition) is 3. The average molecular weight is 289 g/mol. The van der Waals surface area contributed by atoms with Crippen LogP contribution in [0, 0.1) is 5.41 Å². The highest BCUT2D eigenvalue weighted by Gasteiger charge is 2.29. The van der Waals surface area contributed by atoms with Crippen molar-refractivity contribution in [2.45, 2.75) is 39.3 Å². The molecule has 114 valence electrons. The molecule has 0 amide bonds. The van der Waals surface area contributed by atoms with E-state index in [0.717, 1.165) is 6.92 Å². The molecule has 0 unspecified atom stereocenters. The number of nitrogens with one attached hydrogen (secondary N) is 1. The van der Waals surface area contributed by atoms with Crippen LogP contribution < -0.4 is 5.73 Å². The highest BCUT2D eigenvalue weighted by molar-refractivity contribution is 5.95. The molecule has 0 saturated heterocycles. The van der Waals surface area contributed by atoms with Gasteiger partial charge in [-0.25, -0.2) is 0 Å². The Labute approximate surface area is 118 Å². The molecule has 0 atom stereocenters. The second kappa shape index (κ2) is 7.77. The molecule has 0 saturated carbocycles. The normalized spacial score (nSPS) is 13.8. The van der Waals surface area contributed by atoms with Gasteiger partial charge in [-0.15, -0.1) is 0 Å². The summed E-state index contributed by atoms with van der Waals surface area (Å²) < 4.78 is 36.9. The van der Waals surface area contributed by atoms with Gasteiger partial charge in [0.25, 0.3) is 0 Å². The van der Waals surface area contributed by atoms with E-state index in [1.807, 2.05) is 0 Å². The lowest BCUT2D eigenvalue weighted by atomic mass is 10.1. The third-order valence-corrected chi connectivity index (χ3v) is 2.93. The molecule has 0 aromatic rings. The van der Waals surface area contributed by atoms with E-state index in [9.17, 15) is 13.2 Å². The van der Waals surface area contributed by atoms with E-state index in [0.29, 0.717) is 30.7 Å². The third kappa shape index (κ3) is 5.95. The van der Waals surface area contributed by atoms with Gasteiger partial charge in [0, 0.05) is 18.3 Å². The Hall–Kier alpha value is -1.72. The summed E-state index contributed by atoms with van der Waals surface area (Å²) in [5, 5.41) is 7.53. The van der Waals surface area contributed by atoms with Gasteiger partial charge < -0.3 is 16.0 Å². The summed E-state index contributed by atoms with van der Waals surface area (Å²) in [6, 6.07) is 0. The lowest BCUT2D eigenvalue weighted by molar-refractivity contribution is -0.0915. The van der Waals surface area contributed by atoms with E-state index in [2.05, 4.69) is 6.58 Å². The summed E-state index contributed by atoms with van der Waals surface area (Å²) in [6.07, 6.45) is -0.201. The third-order valence-electron chi connectivity index (χ3n) is 2.93. The van der Waals surface area contributed by atoms with E-state index < -0.39 is 11.7 Å². The number of unbranched alkanes of at least 4 members (excludes halogenated alkanes) is 1. The molecule has 20 heavy (non-hydrogen) atoms. The predicted octanol–water partition coefficient (Wildman–Crippen LogP) is 3.95. The van der Waals surface area contributed by atoms with Gasteiger partial charge in [0.05, 0.1) is 11.4 Å². The van der Waals surface area contributed by atoms with E-state index in [-0.39, 0.29) is 5.71 Å². The number of alkyl halides is 3. The van der Waals surface area contributed by atoms with Crippen LogP contribution in [0.2, 0.25) is 0 Å². The molecule has 0 radical (unpaired) electrons. The molecular formula is C14H22F3N3. The second-order valence-electron chi connectivity index (χ2n) is 4.56. The maximum atomic E-state index is 12.3. The van der Waals surface area contributed by atoms with Crippen LogP contribution in [-0.2, 0) is 0 Å². The van der Waals surface area contributed by atoms with Crippen molar-refractivity contribution in [3.8, 4) is 0 Å². The van der Waals surface area contributed by atoms with Crippen LogP contribution in [-0.4, -0.2) is 23.8 Å². The number of halogens is 3. The van der Waals surface area contributed by atoms with Crippen molar-refractivity contribution in [3.63, 3.8) is 0 Å². The van der Waals surface area contributed by atoms with E-state index >= 15 is 0 Å². The van der Waals surface area contributed by atoms with Gasteiger partial charge in [0.2, 0.25) is 0 Å². The maximum Gasteiger partial charge on any atom is 0.412 e. The number of allylic oxidation sites excluding steroid dienone is 4. The van der Waals surface area contributed by atoms with Crippen LogP contribution in [0.4, 0.5) is 13.2 Å². The molecular weight excluding hydrogens is 267 g/mol. The topological polar surface area (TPSA) is 53.1 Å². The van der Waals surface area contributed by atoms with Crippen LogP contribution in [0.3, 0.4) is 0 Å². The summed E-state index contributed by atoms with van der Waals surface area (Å²) in [7, 11) is 1.74. The molecule has 0 bridgehead atoms. The number of rotatable bonds is 7. The number of hydrogen-bond donors (Lipinski definition) is 2. The summed E-state index contributed by atoms with van der Waals surface area (Å²) in [4.78, 5) is 1.69. The molecule has 0 heterocycles. The Morgan fingerprint density at radius 3 is 2.30 bits per heavy atom. The monoisotopic (exact) mass is 289 g/mol. The zero-order valence-electron chi connectivity index (χ0n) is 12.1. The van der Waals surface area contributed by atoms with Gasteiger partial charge in [-0.2, -0.15) is 13.2 Å². The SMILES string of the molecule is C=CN(C)/C(CCC/C=C(/C)C(F)(F)F)=C(\N)C(C)=N. The first kappa shape index (κ1) is 18.3. The summed E-state index contributed by atoms with van der Waals surface area (Å²) in [5.41, 5.74) is 6.50. The molecule has 3 nitrogen and oxygen atoms in total. The smallest absolute Gasteiger partial charge is 0.396 e. The van der Waals surface area contributed by atoms with Crippen molar-refractivity contribution in [2.75, 3.05) is 7.05 Å². The first-order valence-electron chi connectivity index (χ1n) is 6.24. The van der Waals surface area contributed by atoms with Crippen LogP contribution >= 0.6 is 0 Å². The lowest BCUT2D eigenvalue weighted by Crippen LogP contribution is -2.20. The average Bonchev–Trinajstić information content (AvgIpc) is 2.35. The summed E-state index contributed by atoms with van der Waals surface area (Å²) in [6.45, 7) is 6.24. The van der Waals surface area contributed by atoms with Gasteiger partial charge in [0.15, 0.2) is 0 Å². The number of nitrogens with two attached hydrogens (primary N) is 1. The molecule has 0 rings (SSSR count). The maximum absolute atomic E-state index is 12.3. The molecule has 0 fully saturated rings. The molecule has 3 N–H and O–H groups in total. The van der Waals surface area contributed by atoms with Crippen molar-refractivity contribution in [3.05, 3.63) is 35.8 Å². The summed E-state index contributed by atoms with van der Waals surface area (Å²) >= 11 is 0. The minimum Gasteiger partial charge on any atom is -0.396 e. The van der Waals surface area contributed by atoms with Gasteiger partial charge >= 0.3 is 6.18 Å². The Morgan fingerprint density at radius 1 is 1.35 bits per heavy atom. The van der Waals surface area contributed by atoms with E-state index in [4.69, 9.17) is 11.1 Å². The lowest BCUT2D eigenvalue weighted by Gasteiger charge is -2.20. The van der Waals surface area contributed by atoms with Crippen molar-refractivity contribution in [1.29, 1.82) is 5.41 Å². The zero-order valence-corrected chi connectivity index (χ0v) is 12.1. The fraction of sp³-hybridized carbons (Fsp3) is 0.500. The first-order chi connectivity index (χ1) is 9.11. The Morgan fingerprint density at radius 2 is 1.90 bits per heavy atom. The molecule has 0 aliphatic carbocycles. The van der Waals surface area contributed by atoms with Gasteiger partial charge in [-0.05, 0) is 39.3 Å². The fourth-order valence-corrected chi connectivity index (χ4v) is 1.53. The zero-order chi connectivity index (χ0) is 15.9. The Kier molecular flexibility index (Phi) is 7.10. The Bertz CT molecular complexity index is 420. The number of nitrogens with zero attached hydrogens (tertiary/aromatic N) is 1. The van der Waals surface area contributed by atoms with Crippen LogP contribution in [0.5, 0.6) is 0 Å². The van der Waals surface area contributed by atoms with Gasteiger partial charge in [-0.1, -0.05) is 12.7 Å². The minimum atomic E-state index is -4.26. The molecule has 6 heteroatoms. The molecule has 0 aliphatic rings. The molecule has 0 spiro atoms. The van der Waals surface area contributed by atoms with Crippen LogP contribution in [0.15, 0.2) is 35.8 Å². The Balaban J connectivity index is 4.72. The predicted molar refractivity (Wildman–Crippen MR) is 76.2 cm³/mol. The first-order valence-corrected chi connectivity index (χ1v) is 6.24. The molecule has 0 aromatic carbocycles. The standard InChI is InChI=1S/C14H22F3N3/c1-5-20(4)12(13(19)11(3)18)9-7-6-8-10(2)14(15,16)17/h5,8,18H,1,6-7,9,19H2,2-4H3/b10-8-,13-12-,18-11?. The van der Waals surface area contributed by atoms with Gasteiger partial charge in [-0.3, -0.25) is 0 Å². The van der Waals surface area contributed by atoms with Crippen molar-refractivity contribution in [2.24, 2.45) is 5.73 Å². The van der Waals surface area contributed by atoms with Crippen LogP contribution in [0.1, 0.15) is 33.1 Å². The van der Waals surface area contributed by atoms with Crippen molar-refractivity contribution < 1.29 is 13.2 Å².